The zero-order chi connectivity index (χ0) is 21.3. The molecule has 7 heteroatoms. The summed E-state index contributed by atoms with van der Waals surface area (Å²) in [5, 5.41) is 9.77. The highest BCUT2D eigenvalue weighted by molar-refractivity contribution is 6.31. The van der Waals surface area contributed by atoms with Crippen LogP contribution in [-0.2, 0) is 6.18 Å². The highest BCUT2D eigenvalue weighted by Gasteiger charge is 2.33. The van der Waals surface area contributed by atoms with Crippen LogP contribution in [0.4, 0.5) is 13.2 Å². The summed E-state index contributed by atoms with van der Waals surface area (Å²) in [4.78, 5) is 0. The van der Waals surface area contributed by atoms with Gasteiger partial charge in [-0.1, -0.05) is 35.3 Å². The summed E-state index contributed by atoms with van der Waals surface area (Å²) in [7, 11) is 0. The summed E-state index contributed by atoms with van der Waals surface area (Å²) in [6, 6.07) is 14.7. The van der Waals surface area contributed by atoms with Gasteiger partial charge in [-0.2, -0.15) is 18.4 Å². The standard InChI is InChI=1S/C22H15Cl2F3N2/c1-13-9-16(10-17(12-28)15-3-5-18(23)6-4-15)14(2)29(13)19-7-8-21(24)20(11-19)22(25,26)27/h3-11H,1-2H3. The first-order valence-corrected chi connectivity index (χ1v) is 9.31. The molecule has 0 spiro atoms. The fraction of sp³-hybridized carbons (Fsp3) is 0.136. The molecule has 29 heavy (non-hydrogen) atoms. The second kappa shape index (κ2) is 7.98. The Bertz CT molecular complexity index is 1130. The summed E-state index contributed by atoms with van der Waals surface area (Å²) < 4.78 is 41.4. The zero-order valence-electron chi connectivity index (χ0n) is 15.5. The Kier molecular flexibility index (Phi) is 5.79. The van der Waals surface area contributed by atoms with Crippen LogP contribution in [0.25, 0.3) is 17.3 Å². The molecule has 0 unspecified atom stereocenters. The Balaban J connectivity index is 2.10. The highest BCUT2D eigenvalue weighted by Crippen LogP contribution is 2.36. The molecule has 0 saturated carbocycles. The van der Waals surface area contributed by atoms with E-state index in [2.05, 4.69) is 6.07 Å². The van der Waals surface area contributed by atoms with E-state index >= 15 is 0 Å². The molecule has 0 fully saturated rings. The van der Waals surface area contributed by atoms with Gasteiger partial charge >= 0.3 is 6.18 Å². The molecule has 1 aromatic heterocycles. The molecule has 148 valence electrons. The van der Waals surface area contributed by atoms with Crippen LogP contribution in [0.1, 0.15) is 28.1 Å². The molecule has 0 saturated heterocycles. The van der Waals surface area contributed by atoms with Crippen molar-refractivity contribution in [1.29, 1.82) is 5.26 Å². The van der Waals surface area contributed by atoms with Crippen LogP contribution in [0.3, 0.4) is 0 Å². The van der Waals surface area contributed by atoms with Crippen molar-refractivity contribution in [3.63, 3.8) is 0 Å². The van der Waals surface area contributed by atoms with Gasteiger partial charge in [0.25, 0.3) is 0 Å². The number of aryl methyl sites for hydroxylation is 1. The molecular formula is C22H15Cl2F3N2. The number of hydrogen-bond donors (Lipinski definition) is 0. The summed E-state index contributed by atoms with van der Waals surface area (Å²) in [5.74, 6) is 0. The lowest BCUT2D eigenvalue weighted by molar-refractivity contribution is -0.137. The van der Waals surface area contributed by atoms with Crippen molar-refractivity contribution in [3.05, 3.63) is 86.7 Å². The van der Waals surface area contributed by atoms with Crippen LogP contribution in [0.5, 0.6) is 0 Å². The van der Waals surface area contributed by atoms with Gasteiger partial charge in [0.2, 0.25) is 0 Å². The Labute approximate surface area is 176 Å². The topological polar surface area (TPSA) is 28.7 Å². The van der Waals surface area contributed by atoms with Crippen LogP contribution in [0.2, 0.25) is 10.0 Å². The summed E-state index contributed by atoms with van der Waals surface area (Å²) >= 11 is 11.6. The molecule has 2 aromatic carbocycles. The maximum Gasteiger partial charge on any atom is 0.417 e. The molecule has 2 nitrogen and oxygen atoms in total. The number of benzene rings is 2. The third-order valence-corrected chi connectivity index (χ3v) is 5.14. The van der Waals surface area contributed by atoms with E-state index in [0.29, 0.717) is 27.5 Å². The lowest BCUT2D eigenvalue weighted by Crippen LogP contribution is -2.08. The average molecular weight is 435 g/mol. The van der Waals surface area contributed by atoms with Crippen molar-refractivity contribution in [3.8, 4) is 11.8 Å². The number of halogens is 5. The molecule has 0 aliphatic heterocycles. The number of rotatable bonds is 3. The Hall–Kier alpha value is -2.68. The van der Waals surface area contributed by atoms with Gasteiger partial charge in [0.15, 0.2) is 0 Å². The molecular weight excluding hydrogens is 420 g/mol. The first-order valence-electron chi connectivity index (χ1n) is 8.55. The molecule has 3 rings (SSSR count). The van der Waals surface area contributed by atoms with Crippen LogP contribution in [0.15, 0.2) is 48.5 Å². The second-order valence-corrected chi connectivity index (χ2v) is 7.34. The van der Waals surface area contributed by atoms with Crippen molar-refractivity contribution in [2.24, 2.45) is 0 Å². The van der Waals surface area contributed by atoms with E-state index in [-0.39, 0.29) is 5.02 Å². The largest absolute Gasteiger partial charge is 0.417 e. The Morgan fingerprint density at radius 3 is 2.28 bits per heavy atom. The number of allylic oxidation sites excluding steroid dienone is 1. The molecule has 0 atom stereocenters. The minimum atomic E-state index is -4.55. The molecule has 0 aliphatic rings. The molecule has 0 bridgehead atoms. The number of hydrogen-bond acceptors (Lipinski definition) is 1. The highest BCUT2D eigenvalue weighted by atomic mass is 35.5. The number of nitriles is 1. The van der Waals surface area contributed by atoms with Crippen molar-refractivity contribution in [1.82, 2.24) is 4.57 Å². The third-order valence-electron chi connectivity index (χ3n) is 4.56. The van der Waals surface area contributed by atoms with Crippen molar-refractivity contribution < 1.29 is 13.2 Å². The van der Waals surface area contributed by atoms with E-state index in [4.69, 9.17) is 23.2 Å². The van der Waals surface area contributed by atoms with Crippen LogP contribution >= 0.6 is 23.2 Å². The molecule has 0 amide bonds. The zero-order valence-corrected chi connectivity index (χ0v) is 17.0. The summed E-state index contributed by atoms with van der Waals surface area (Å²) in [5.41, 5.74) is 2.76. The van der Waals surface area contributed by atoms with E-state index in [1.807, 2.05) is 6.07 Å². The van der Waals surface area contributed by atoms with E-state index < -0.39 is 11.7 Å². The Morgan fingerprint density at radius 2 is 1.69 bits per heavy atom. The normalized spacial score (nSPS) is 12.1. The third kappa shape index (κ3) is 4.34. The van der Waals surface area contributed by atoms with Gasteiger partial charge in [0.05, 0.1) is 22.2 Å². The molecule has 0 N–H and O–H groups in total. The summed E-state index contributed by atoms with van der Waals surface area (Å²) in [6.07, 6.45) is -2.84. The van der Waals surface area contributed by atoms with Crippen molar-refractivity contribution in [2.45, 2.75) is 20.0 Å². The predicted molar refractivity (Wildman–Crippen MR) is 110 cm³/mol. The maximum atomic E-state index is 13.2. The minimum Gasteiger partial charge on any atom is -0.318 e. The van der Waals surface area contributed by atoms with Crippen LogP contribution in [0, 0.1) is 25.2 Å². The lowest BCUT2D eigenvalue weighted by atomic mass is 10.0. The van der Waals surface area contributed by atoms with Gasteiger partial charge in [-0.15, -0.1) is 0 Å². The number of alkyl halides is 3. The predicted octanol–water partition coefficient (Wildman–Crippen LogP) is 7.48. The lowest BCUT2D eigenvalue weighted by Gasteiger charge is -2.14. The maximum absolute atomic E-state index is 13.2. The fourth-order valence-corrected chi connectivity index (χ4v) is 3.52. The van der Waals surface area contributed by atoms with Crippen LogP contribution in [-0.4, -0.2) is 4.57 Å². The van der Waals surface area contributed by atoms with E-state index in [1.165, 1.54) is 12.1 Å². The fourth-order valence-electron chi connectivity index (χ4n) is 3.17. The van der Waals surface area contributed by atoms with E-state index in [1.54, 1.807) is 48.8 Å². The number of nitrogens with zero attached hydrogens (tertiary/aromatic N) is 2. The van der Waals surface area contributed by atoms with E-state index in [0.717, 1.165) is 17.3 Å². The smallest absolute Gasteiger partial charge is 0.318 e. The Morgan fingerprint density at radius 1 is 1.03 bits per heavy atom. The molecule has 0 radical (unpaired) electrons. The molecule has 0 aliphatic carbocycles. The van der Waals surface area contributed by atoms with Gasteiger partial charge < -0.3 is 4.57 Å². The van der Waals surface area contributed by atoms with Crippen LogP contribution < -0.4 is 0 Å². The SMILES string of the molecule is Cc1cc(C=C(C#N)c2ccc(Cl)cc2)c(C)n1-c1ccc(Cl)c(C(F)(F)F)c1. The minimum absolute atomic E-state index is 0.348. The van der Waals surface area contributed by atoms with Gasteiger partial charge in [0.1, 0.15) is 0 Å². The van der Waals surface area contributed by atoms with Crippen molar-refractivity contribution >= 4 is 34.9 Å². The van der Waals surface area contributed by atoms with Gasteiger partial charge in [-0.05, 0) is 67.4 Å². The monoisotopic (exact) mass is 434 g/mol. The van der Waals surface area contributed by atoms with Gasteiger partial charge in [-0.3, -0.25) is 0 Å². The van der Waals surface area contributed by atoms with Gasteiger partial charge in [-0.25, -0.2) is 0 Å². The quantitative estimate of drug-likeness (QED) is 0.392. The average Bonchev–Trinajstić information content (AvgIpc) is 2.93. The number of aromatic nitrogens is 1. The first kappa shape index (κ1) is 21.0. The van der Waals surface area contributed by atoms with E-state index in [9.17, 15) is 18.4 Å². The summed E-state index contributed by atoms with van der Waals surface area (Å²) in [6.45, 7) is 3.58. The molecule has 1 heterocycles. The van der Waals surface area contributed by atoms with Crippen molar-refractivity contribution in [2.75, 3.05) is 0 Å². The second-order valence-electron chi connectivity index (χ2n) is 6.50. The van der Waals surface area contributed by atoms with Gasteiger partial charge in [0, 0.05) is 22.1 Å². The first-order chi connectivity index (χ1) is 13.6. The molecule has 3 aromatic rings.